The predicted molar refractivity (Wildman–Crippen MR) is 88.7 cm³/mol. The van der Waals surface area contributed by atoms with Crippen LogP contribution in [0.3, 0.4) is 0 Å². The highest BCUT2D eigenvalue weighted by Crippen LogP contribution is 2.20. The largest absolute Gasteiger partial charge is 0.313 e. The molecule has 0 aliphatic rings. The number of hydrogen-bond acceptors (Lipinski definition) is 3. The van der Waals surface area contributed by atoms with Crippen molar-refractivity contribution in [1.82, 2.24) is 4.90 Å². The lowest BCUT2D eigenvalue weighted by molar-refractivity contribution is -0.124. The van der Waals surface area contributed by atoms with Gasteiger partial charge in [0.25, 0.3) is 0 Å². The number of carbonyl (C=O) groups is 1. The van der Waals surface area contributed by atoms with Crippen LogP contribution in [0.2, 0.25) is 0 Å². The Kier molecular flexibility index (Phi) is 5.68. The van der Waals surface area contributed by atoms with Gasteiger partial charge in [-0.15, -0.1) is 0 Å². The number of hydrogen-bond donors (Lipinski definition) is 0. The van der Waals surface area contributed by atoms with Gasteiger partial charge in [0.15, 0.2) is 0 Å². The van der Waals surface area contributed by atoms with Crippen molar-refractivity contribution in [3.05, 3.63) is 66.2 Å². The number of nitriles is 2. The van der Waals surface area contributed by atoms with Crippen LogP contribution in [0.4, 0.5) is 0 Å². The number of carbonyl (C=O) groups excluding carboxylic acids is 1. The van der Waals surface area contributed by atoms with Crippen LogP contribution in [-0.4, -0.2) is 23.9 Å². The number of nitrogens with zero attached hydrogens (tertiary/aromatic N) is 3. The zero-order chi connectivity index (χ0) is 16.5. The molecule has 2 rings (SSSR count). The highest BCUT2D eigenvalue weighted by Gasteiger charge is 2.08. The lowest BCUT2D eigenvalue weighted by Gasteiger charge is -2.12. The molecule has 0 aromatic heterocycles. The van der Waals surface area contributed by atoms with Crippen LogP contribution < -0.4 is 0 Å². The van der Waals surface area contributed by atoms with Gasteiger partial charge in [-0.1, -0.05) is 48.5 Å². The molecule has 4 nitrogen and oxygen atoms in total. The molecule has 23 heavy (non-hydrogen) atoms. The Morgan fingerprint density at radius 3 is 2.26 bits per heavy atom. The van der Waals surface area contributed by atoms with E-state index in [0.29, 0.717) is 0 Å². The predicted octanol–water partition coefficient (Wildman–Crippen LogP) is 3.24. The second-order valence-corrected chi connectivity index (χ2v) is 4.84. The van der Waals surface area contributed by atoms with Gasteiger partial charge in [-0.25, -0.2) is 0 Å². The quantitative estimate of drug-likeness (QED) is 0.629. The molecule has 0 aliphatic carbocycles. The summed E-state index contributed by atoms with van der Waals surface area (Å²) in [7, 11) is 0. The molecule has 0 radical (unpaired) electrons. The van der Waals surface area contributed by atoms with Crippen molar-refractivity contribution >= 4 is 12.0 Å². The molecule has 2 aromatic rings. The minimum atomic E-state index is -0.349. The van der Waals surface area contributed by atoms with E-state index in [1.54, 1.807) is 6.08 Å². The highest BCUT2D eigenvalue weighted by molar-refractivity contribution is 5.92. The van der Waals surface area contributed by atoms with Crippen molar-refractivity contribution in [2.75, 3.05) is 13.1 Å². The first kappa shape index (κ1) is 16.0. The molecule has 0 spiro atoms. The number of rotatable bonds is 5. The van der Waals surface area contributed by atoms with Crippen LogP contribution in [0.25, 0.3) is 17.2 Å². The molecule has 2 aromatic carbocycles. The van der Waals surface area contributed by atoms with Crippen molar-refractivity contribution < 1.29 is 4.79 Å². The van der Waals surface area contributed by atoms with Gasteiger partial charge in [-0.3, -0.25) is 4.79 Å². The van der Waals surface area contributed by atoms with E-state index in [-0.39, 0.29) is 19.0 Å². The average molecular weight is 301 g/mol. The SMILES string of the molecule is N#CCN(CC#N)C(=O)C=Cc1cccc(-c2ccccc2)c1. The van der Waals surface area contributed by atoms with Crippen molar-refractivity contribution in [2.45, 2.75) is 0 Å². The fourth-order valence-corrected chi connectivity index (χ4v) is 2.11. The Hall–Kier alpha value is -3.37. The monoisotopic (exact) mass is 301 g/mol. The summed E-state index contributed by atoms with van der Waals surface area (Å²) in [5.74, 6) is -0.349. The maximum absolute atomic E-state index is 12.0. The Bertz CT molecular complexity index is 766. The summed E-state index contributed by atoms with van der Waals surface area (Å²) >= 11 is 0. The average Bonchev–Trinajstić information content (AvgIpc) is 2.60. The first-order valence-corrected chi connectivity index (χ1v) is 7.11. The van der Waals surface area contributed by atoms with Crippen LogP contribution in [-0.2, 0) is 4.79 Å². The molecule has 1 amide bonds. The molecule has 0 bridgehead atoms. The Balaban J connectivity index is 2.16. The van der Waals surface area contributed by atoms with Gasteiger partial charge in [-0.05, 0) is 28.8 Å². The van der Waals surface area contributed by atoms with Gasteiger partial charge < -0.3 is 4.90 Å². The molecule has 0 heterocycles. The van der Waals surface area contributed by atoms with E-state index < -0.39 is 0 Å². The lowest BCUT2D eigenvalue weighted by atomic mass is 10.0. The number of amides is 1. The van der Waals surface area contributed by atoms with Crippen molar-refractivity contribution in [2.24, 2.45) is 0 Å². The molecule has 0 unspecified atom stereocenters. The molecule has 0 atom stereocenters. The van der Waals surface area contributed by atoms with Gasteiger partial charge in [0, 0.05) is 6.08 Å². The van der Waals surface area contributed by atoms with Gasteiger partial charge >= 0.3 is 0 Å². The normalized spacial score (nSPS) is 10.0. The fraction of sp³-hybridized carbons (Fsp3) is 0.105. The molecule has 0 fully saturated rings. The lowest BCUT2D eigenvalue weighted by Crippen LogP contribution is -2.30. The van der Waals surface area contributed by atoms with E-state index in [0.717, 1.165) is 16.7 Å². The molecule has 0 N–H and O–H groups in total. The summed E-state index contributed by atoms with van der Waals surface area (Å²) in [5.41, 5.74) is 3.05. The Morgan fingerprint density at radius 1 is 0.957 bits per heavy atom. The van der Waals surface area contributed by atoms with Gasteiger partial charge in [0.2, 0.25) is 5.91 Å². The van der Waals surface area contributed by atoms with Crippen molar-refractivity contribution in [3.63, 3.8) is 0 Å². The fourth-order valence-electron chi connectivity index (χ4n) is 2.11. The molecule has 4 heteroatoms. The zero-order valence-electron chi connectivity index (χ0n) is 12.5. The summed E-state index contributed by atoms with van der Waals surface area (Å²) in [5, 5.41) is 17.4. The second-order valence-electron chi connectivity index (χ2n) is 4.84. The Morgan fingerprint density at radius 2 is 1.61 bits per heavy atom. The third-order valence-corrected chi connectivity index (χ3v) is 3.25. The summed E-state index contributed by atoms with van der Waals surface area (Å²) in [6, 6.07) is 21.5. The molecular weight excluding hydrogens is 286 g/mol. The van der Waals surface area contributed by atoms with Crippen LogP contribution >= 0.6 is 0 Å². The van der Waals surface area contributed by atoms with Crippen LogP contribution in [0.1, 0.15) is 5.56 Å². The van der Waals surface area contributed by atoms with Crippen LogP contribution in [0, 0.1) is 22.7 Å². The minimum Gasteiger partial charge on any atom is -0.313 e. The van der Waals surface area contributed by atoms with E-state index in [4.69, 9.17) is 10.5 Å². The van der Waals surface area contributed by atoms with E-state index in [1.807, 2.05) is 66.7 Å². The van der Waals surface area contributed by atoms with Crippen molar-refractivity contribution in [1.29, 1.82) is 10.5 Å². The topological polar surface area (TPSA) is 67.9 Å². The van der Waals surface area contributed by atoms with Gasteiger partial charge in [-0.2, -0.15) is 10.5 Å². The van der Waals surface area contributed by atoms with Gasteiger partial charge in [0.05, 0.1) is 12.1 Å². The molecule has 0 aliphatic heterocycles. The van der Waals surface area contributed by atoms with Crippen LogP contribution in [0.5, 0.6) is 0 Å². The third kappa shape index (κ3) is 4.56. The van der Waals surface area contributed by atoms with Gasteiger partial charge in [0.1, 0.15) is 13.1 Å². The smallest absolute Gasteiger partial charge is 0.248 e. The van der Waals surface area contributed by atoms with E-state index >= 15 is 0 Å². The Labute approximate surface area is 135 Å². The summed E-state index contributed by atoms with van der Waals surface area (Å²) < 4.78 is 0. The first-order valence-electron chi connectivity index (χ1n) is 7.11. The van der Waals surface area contributed by atoms with E-state index in [9.17, 15) is 4.79 Å². The van der Waals surface area contributed by atoms with E-state index in [1.165, 1.54) is 11.0 Å². The summed E-state index contributed by atoms with van der Waals surface area (Å²) in [6.45, 7) is -0.193. The molecule has 0 saturated heterocycles. The molecular formula is C19H15N3O. The molecule has 112 valence electrons. The van der Waals surface area contributed by atoms with Crippen molar-refractivity contribution in [3.8, 4) is 23.3 Å². The standard InChI is InChI=1S/C19H15N3O/c20-11-13-22(14-12-21)19(23)10-9-16-5-4-8-18(15-16)17-6-2-1-3-7-17/h1-10,15H,13-14H2. The maximum atomic E-state index is 12.0. The second kappa shape index (κ2) is 8.17. The first-order chi connectivity index (χ1) is 11.2. The zero-order valence-corrected chi connectivity index (χ0v) is 12.5. The highest BCUT2D eigenvalue weighted by atomic mass is 16.2. The third-order valence-electron chi connectivity index (χ3n) is 3.25. The van der Waals surface area contributed by atoms with E-state index in [2.05, 4.69) is 0 Å². The minimum absolute atomic E-state index is 0.0964. The summed E-state index contributed by atoms with van der Waals surface area (Å²) in [4.78, 5) is 13.2. The number of benzene rings is 2. The summed E-state index contributed by atoms with van der Waals surface area (Å²) in [6.07, 6.45) is 3.08. The molecule has 0 saturated carbocycles. The maximum Gasteiger partial charge on any atom is 0.248 e. The van der Waals surface area contributed by atoms with Crippen LogP contribution in [0.15, 0.2) is 60.7 Å².